The fourth-order valence-corrected chi connectivity index (χ4v) is 5.31. The van der Waals surface area contributed by atoms with Gasteiger partial charge in [-0.2, -0.15) is 5.06 Å². The SMILES string of the molecule is CC(ON(C(c1ccccc1)C(C)C)C(C)(C)C)c1ccc(COC(=O)c2ccc(-n3cc(-c4ccccc4)nn3)cc2)cc1. The standard InChI is InChI=1S/C38H42N4O3/c1-27(2)36(32-15-11-8-12-16-32)42(38(4,5)6)45-28(3)30-19-17-29(18-20-30)26-44-37(43)33-21-23-34(24-22-33)41-25-35(39-40-41)31-13-9-7-10-14-31/h7-25,27-28,36H,26H2,1-6H3. The Morgan fingerprint density at radius 3 is 2.02 bits per heavy atom. The quantitative estimate of drug-likeness (QED) is 0.111. The molecule has 7 heteroatoms. The number of hydrogen-bond acceptors (Lipinski definition) is 6. The average molecular weight is 603 g/mol. The number of rotatable bonds is 11. The van der Waals surface area contributed by atoms with E-state index in [9.17, 15) is 4.79 Å². The summed E-state index contributed by atoms with van der Waals surface area (Å²) < 4.78 is 7.31. The van der Waals surface area contributed by atoms with Gasteiger partial charge in [-0.05, 0) is 74.6 Å². The first kappa shape index (κ1) is 31.8. The van der Waals surface area contributed by atoms with Crippen LogP contribution in [0.2, 0.25) is 0 Å². The summed E-state index contributed by atoms with van der Waals surface area (Å²) in [6.07, 6.45) is 1.70. The Morgan fingerprint density at radius 2 is 1.42 bits per heavy atom. The van der Waals surface area contributed by atoms with E-state index in [1.165, 1.54) is 5.56 Å². The van der Waals surface area contributed by atoms with Gasteiger partial charge in [0.15, 0.2) is 0 Å². The number of aromatic nitrogens is 3. The van der Waals surface area contributed by atoms with Gasteiger partial charge in [0.2, 0.25) is 0 Å². The Hall–Kier alpha value is -4.59. The van der Waals surface area contributed by atoms with Crippen LogP contribution in [-0.4, -0.2) is 31.6 Å². The van der Waals surface area contributed by atoms with Crippen LogP contribution in [-0.2, 0) is 16.2 Å². The van der Waals surface area contributed by atoms with Gasteiger partial charge in [0.25, 0.3) is 0 Å². The van der Waals surface area contributed by atoms with E-state index >= 15 is 0 Å². The molecule has 0 amide bonds. The predicted octanol–water partition coefficient (Wildman–Crippen LogP) is 8.78. The van der Waals surface area contributed by atoms with Crippen LogP contribution in [0.5, 0.6) is 0 Å². The van der Waals surface area contributed by atoms with Crippen LogP contribution >= 0.6 is 0 Å². The average Bonchev–Trinajstić information content (AvgIpc) is 3.54. The molecule has 45 heavy (non-hydrogen) atoms. The first-order valence-corrected chi connectivity index (χ1v) is 15.5. The highest BCUT2D eigenvalue weighted by Crippen LogP contribution is 2.37. The third-order valence-electron chi connectivity index (χ3n) is 7.71. The first-order valence-electron chi connectivity index (χ1n) is 15.5. The predicted molar refractivity (Wildman–Crippen MR) is 177 cm³/mol. The maximum absolute atomic E-state index is 12.8. The molecule has 1 heterocycles. The zero-order valence-corrected chi connectivity index (χ0v) is 26.9. The molecule has 0 aliphatic carbocycles. The minimum atomic E-state index is -0.382. The van der Waals surface area contributed by atoms with Crippen molar-refractivity contribution in [3.8, 4) is 16.9 Å². The fourth-order valence-electron chi connectivity index (χ4n) is 5.31. The third kappa shape index (κ3) is 7.93. The smallest absolute Gasteiger partial charge is 0.338 e. The maximum Gasteiger partial charge on any atom is 0.338 e. The lowest BCUT2D eigenvalue weighted by Crippen LogP contribution is -2.46. The highest BCUT2D eigenvalue weighted by molar-refractivity contribution is 5.89. The van der Waals surface area contributed by atoms with Gasteiger partial charge < -0.3 is 4.74 Å². The van der Waals surface area contributed by atoms with Crippen molar-refractivity contribution in [1.29, 1.82) is 0 Å². The van der Waals surface area contributed by atoms with Gasteiger partial charge in [-0.15, -0.1) is 5.10 Å². The fraction of sp³-hybridized carbons (Fsp3) is 0.289. The van der Waals surface area contributed by atoms with E-state index in [-0.39, 0.29) is 30.3 Å². The van der Waals surface area contributed by atoms with E-state index in [4.69, 9.17) is 9.57 Å². The minimum Gasteiger partial charge on any atom is -0.457 e. The molecular formula is C38H42N4O3. The molecule has 5 rings (SSSR count). The van der Waals surface area contributed by atoms with E-state index in [0.717, 1.165) is 28.1 Å². The van der Waals surface area contributed by atoms with Gasteiger partial charge in [0.05, 0.1) is 23.5 Å². The zero-order chi connectivity index (χ0) is 32.0. The van der Waals surface area contributed by atoms with Crippen molar-refractivity contribution in [2.24, 2.45) is 5.92 Å². The van der Waals surface area contributed by atoms with Crippen LogP contribution in [0.3, 0.4) is 0 Å². The van der Waals surface area contributed by atoms with Crippen molar-refractivity contribution in [2.75, 3.05) is 0 Å². The van der Waals surface area contributed by atoms with Crippen LogP contribution in [0.1, 0.15) is 80.7 Å². The Kier molecular flexibility index (Phi) is 9.91. The first-order chi connectivity index (χ1) is 21.6. The summed E-state index contributed by atoms with van der Waals surface area (Å²) in [7, 11) is 0. The van der Waals surface area contributed by atoms with Gasteiger partial charge in [0, 0.05) is 11.1 Å². The highest BCUT2D eigenvalue weighted by Gasteiger charge is 2.34. The lowest BCUT2D eigenvalue weighted by molar-refractivity contribution is -0.272. The molecule has 0 saturated heterocycles. The molecular weight excluding hydrogens is 560 g/mol. The normalized spacial score (nSPS) is 13.2. The monoisotopic (exact) mass is 602 g/mol. The van der Waals surface area contributed by atoms with Crippen LogP contribution in [0.4, 0.5) is 0 Å². The summed E-state index contributed by atoms with van der Waals surface area (Å²) in [6, 6.07) is 35.7. The number of hydrogen-bond donors (Lipinski definition) is 0. The lowest BCUT2D eigenvalue weighted by atomic mass is 9.92. The topological polar surface area (TPSA) is 69.5 Å². The third-order valence-corrected chi connectivity index (χ3v) is 7.71. The second kappa shape index (κ2) is 14.0. The Labute approximate surface area is 266 Å². The van der Waals surface area contributed by atoms with Crippen molar-refractivity contribution < 1.29 is 14.4 Å². The molecule has 0 bridgehead atoms. The Bertz CT molecular complexity index is 1660. The largest absolute Gasteiger partial charge is 0.457 e. The number of esters is 1. The summed E-state index contributed by atoms with van der Waals surface area (Å²) >= 11 is 0. The van der Waals surface area contributed by atoms with Crippen molar-refractivity contribution in [3.05, 3.63) is 138 Å². The van der Waals surface area contributed by atoms with E-state index < -0.39 is 0 Å². The lowest BCUT2D eigenvalue weighted by Gasteiger charge is -2.44. The van der Waals surface area contributed by atoms with E-state index in [2.05, 4.69) is 81.2 Å². The summed E-state index contributed by atoms with van der Waals surface area (Å²) in [5, 5.41) is 10.6. The number of benzene rings is 4. The number of ether oxygens (including phenoxy) is 1. The molecule has 0 fully saturated rings. The van der Waals surface area contributed by atoms with Gasteiger partial charge >= 0.3 is 5.97 Å². The molecule has 7 nitrogen and oxygen atoms in total. The van der Waals surface area contributed by atoms with E-state index in [0.29, 0.717) is 11.5 Å². The molecule has 0 saturated carbocycles. The molecule has 0 aliphatic heterocycles. The number of carbonyl (C=O) groups excluding carboxylic acids is 1. The molecule has 232 valence electrons. The van der Waals surface area contributed by atoms with Crippen molar-refractivity contribution >= 4 is 5.97 Å². The van der Waals surface area contributed by atoms with Crippen molar-refractivity contribution in [3.63, 3.8) is 0 Å². The number of carbonyl (C=O) groups is 1. The Morgan fingerprint density at radius 1 is 0.800 bits per heavy atom. The van der Waals surface area contributed by atoms with E-state index in [1.54, 1.807) is 16.8 Å². The maximum atomic E-state index is 12.8. The van der Waals surface area contributed by atoms with Gasteiger partial charge in [-0.3, -0.25) is 4.84 Å². The number of hydroxylamine groups is 2. The molecule has 0 N–H and O–H groups in total. The minimum absolute atomic E-state index is 0.101. The molecule has 0 radical (unpaired) electrons. The molecule has 2 atom stereocenters. The zero-order valence-electron chi connectivity index (χ0n) is 26.9. The van der Waals surface area contributed by atoms with Crippen LogP contribution in [0.15, 0.2) is 115 Å². The van der Waals surface area contributed by atoms with Crippen molar-refractivity contribution in [1.82, 2.24) is 20.1 Å². The second-order valence-corrected chi connectivity index (χ2v) is 12.6. The molecule has 4 aromatic carbocycles. The van der Waals surface area contributed by atoms with Crippen LogP contribution < -0.4 is 0 Å². The molecule has 1 aromatic heterocycles. The molecule has 2 unspecified atom stereocenters. The van der Waals surface area contributed by atoms with Gasteiger partial charge in [-0.25, -0.2) is 9.48 Å². The molecule has 0 spiro atoms. The summed E-state index contributed by atoms with van der Waals surface area (Å²) in [5.74, 6) is -0.0329. The van der Waals surface area contributed by atoms with Crippen molar-refractivity contribution in [2.45, 2.75) is 65.8 Å². The molecule has 0 aliphatic rings. The summed E-state index contributed by atoms with van der Waals surface area (Å²) in [4.78, 5) is 19.5. The molecule has 5 aromatic rings. The van der Waals surface area contributed by atoms with E-state index in [1.807, 2.05) is 79.0 Å². The highest BCUT2D eigenvalue weighted by atomic mass is 16.7. The van der Waals surface area contributed by atoms with Gasteiger partial charge in [0.1, 0.15) is 18.4 Å². The van der Waals surface area contributed by atoms with Crippen LogP contribution in [0.25, 0.3) is 16.9 Å². The summed E-state index contributed by atoms with van der Waals surface area (Å²) in [6.45, 7) is 13.2. The van der Waals surface area contributed by atoms with Gasteiger partial charge in [-0.1, -0.05) is 104 Å². The summed E-state index contributed by atoms with van der Waals surface area (Å²) in [5.41, 5.74) is 6.03. The Balaban J connectivity index is 1.19. The second-order valence-electron chi connectivity index (χ2n) is 12.6. The van der Waals surface area contributed by atoms with Crippen LogP contribution in [0, 0.1) is 5.92 Å². The number of nitrogens with zero attached hydrogens (tertiary/aromatic N) is 4.